The van der Waals surface area contributed by atoms with E-state index in [0.717, 1.165) is 0 Å². The first-order valence-electron chi connectivity index (χ1n) is 7.41. The first-order valence-corrected chi connectivity index (χ1v) is 10.2. The molecule has 1 rings (SSSR count). The number of halogens is 1. The Morgan fingerprint density at radius 2 is 1.50 bits per heavy atom. The molecule has 134 valence electrons. The van der Waals surface area contributed by atoms with Crippen LogP contribution in [-0.4, -0.2) is 23.5 Å². The van der Waals surface area contributed by atoms with Crippen molar-refractivity contribution in [3.05, 3.63) is 33.4 Å². The van der Waals surface area contributed by atoms with E-state index in [0.29, 0.717) is 9.13 Å². The molecule has 1 aromatic carbocycles. The molecule has 0 unspecified atom stereocenters. The summed E-state index contributed by atoms with van der Waals surface area (Å²) < 4.78 is 16.5. The average Bonchev–Trinajstić information content (AvgIpc) is 2.43. The van der Waals surface area contributed by atoms with E-state index in [1.807, 2.05) is 0 Å². The van der Waals surface area contributed by atoms with Gasteiger partial charge in [0, 0.05) is 0 Å². The van der Waals surface area contributed by atoms with E-state index in [1.165, 1.54) is 13.8 Å². The van der Waals surface area contributed by atoms with Crippen LogP contribution in [0.15, 0.2) is 24.3 Å². The van der Waals surface area contributed by atoms with Crippen LogP contribution in [0.25, 0.3) is 0 Å². The number of hydrogen-bond donors (Lipinski definition) is 0. The Bertz CT molecular complexity index is 604. The molecule has 1 aromatic rings. The second-order valence-electron chi connectivity index (χ2n) is 6.13. The molecule has 0 aliphatic rings. The molecule has 6 nitrogen and oxygen atoms in total. The molecule has 0 aliphatic heterocycles. The second kappa shape index (κ2) is 8.46. The maximum atomic E-state index is 12.4. The number of esters is 1. The van der Waals surface area contributed by atoms with Crippen molar-refractivity contribution in [2.45, 2.75) is 53.1 Å². The fraction of sp³-hybridized carbons (Fsp3) is 0.471. The molecule has 0 saturated carbocycles. The van der Waals surface area contributed by atoms with Crippen molar-refractivity contribution >= 4 is 38.6 Å². The molecule has 0 fully saturated rings. The molecule has 24 heavy (non-hydrogen) atoms. The number of carbonyl (C=O) groups excluding carboxylic acids is 3. The van der Waals surface area contributed by atoms with Crippen molar-refractivity contribution in [2.75, 3.05) is 0 Å². The third-order valence-corrected chi connectivity index (χ3v) is 6.63. The van der Waals surface area contributed by atoms with Gasteiger partial charge in [0.1, 0.15) is 0 Å². The van der Waals surface area contributed by atoms with Gasteiger partial charge in [0.25, 0.3) is 0 Å². The second-order valence-corrected chi connectivity index (χ2v) is 9.41. The van der Waals surface area contributed by atoms with Crippen molar-refractivity contribution in [3.63, 3.8) is 0 Å². The Balaban J connectivity index is 3.18. The Hall–Kier alpha value is -1.64. The van der Waals surface area contributed by atoms with Crippen molar-refractivity contribution < 1.29 is 25.3 Å². The van der Waals surface area contributed by atoms with Crippen molar-refractivity contribution in [2.24, 2.45) is 0 Å². The molecule has 0 saturated heterocycles. The van der Waals surface area contributed by atoms with Crippen LogP contribution in [0, 0.1) is 3.57 Å². The van der Waals surface area contributed by atoms with Crippen LogP contribution in [0.1, 0.15) is 53.0 Å². The number of carbonyl (C=O) groups is 3. The fourth-order valence-electron chi connectivity index (χ4n) is 1.78. The van der Waals surface area contributed by atoms with E-state index in [1.54, 1.807) is 52.0 Å². The van der Waals surface area contributed by atoms with Gasteiger partial charge in [-0.2, -0.15) is 0 Å². The zero-order valence-corrected chi connectivity index (χ0v) is 16.9. The summed E-state index contributed by atoms with van der Waals surface area (Å²) in [6.45, 7) is 9.60. The summed E-state index contributed by atoms with van der Waals surface area (Å²) in [5.74, 6) is -2.02. The summed E-state index contributed by atoms with van der Waals surface area (Å²) >= 11 is -3.01. The van der Waals surface area contributed by atoms with E-state index in [9.17, 15) is 14.4 Å². The number of ether oxygens (including phenoxy) is 1. The summed E-state index contributed by atoms with van der Waals surface area (Å²) in [7, 11) is 0. The van der Waals surface area contributed by atoms with Crippen LogP contribution < -0.4 is 0 Å². The third kappa shape index (κ3) is 6.46. The Morgan fingerprint density at radius 3 is 1.96 bits per heavy atom. The third-order valence-electron chi connectivity index (χ3n) is 2.66. The minimum absolute atomic E-state index is 0.392. The van der Waals surface area contributed by atoms with Crippen LogP contribution in [0.4, 0.5) is 0 Å². The van der Waals surface area contributed by atoms with Gasteiger partial charge in [-0.25, -0.2) is 0 Å². The number of hydrogen-bond acceptors (Lipinski definition) is 6. The Kier molecular flexibility index (Phi) is 7.19. The van der Waals surface area contributed by atoms with Gasteiger partial charge in [-0.05, 0) is 0 Å². The van der Waals surface area contributed by atoms with E-state index in [4.69, 9.17) is 10.9 Å². The van der Waals surface area contributed by atoms with Crippen LogP contribution >= 0.6 is 20.6 Å². The van der Waals surface area contributed by atoms with E-state index in [2.05, 4.69) is 0 Å². The first kappa shape index (κ1) is 20.4. The molecule has 0 amide bonds. The molecule has 0 radical (unpaired) electrons. The number of rotatable bonds is 5. The van der Waals surface area contributed by atoms with Gasteiger partial charge in [0.15, 0.2) is 0 Å². The molecule has 0 spiro atoms. The SMILES string of the molecule is CC(=O)OI(OC(C)=O)c1ccccc1[C@@H](C)C(=O)OC(C)(C)C. The van der Waals surface area contributed by atoms with Crippen LogP contribution in [0.2, 0.25) is 0 Å². The van der Waals surface area contributed by atoms with Gasteiger partial charge in [0.2, 0.25) is 0 Å². The topological polar surface area (TPSA) is 78.9 Å². The molecule has 0 heterocycles. The van der Waals surface area contributed by atoms with Crippen molar-refractivity contribution in [3.8, 4) is 0 Å². The summed E-state index contributed by atoms with van der Waals surface area (Å²) in [4.78, 5) is 35.0. The summed E-state index contributed by atoms with van der Waals surface area (Å²) in [6, 6.07) is 6.99. The van der Waals surface area contributed by atoms with Gasteiger partial charge >= 0.3 is 150 Å². The molecule has 0 bridgehead atoms. The van der Waals surface area contributed by atoms with Crippen molar-refractivity contribution in [1.29, 1.82) is 0 Å². The molecule has 7 heteroatoms. The standard InChI is InChI=1S/C17H23IO6/c1-11(16(21)22-17(4,5)6)14-9-7-8-10-15(14)18(23-12(2)19)24-13(3)20/h7-11H,1-6H3/t11-/m1/s1. The van der Waals surface area contributed by atoms with Gasteiger partial charge in [-0.15, -0.1) is 0 Å². The molecule has 0 aliphatic carbocycles. The summed E-state index contributed by atoms with van der Waals surface area (Å²) in [5, 5.41) is 0. The quantitative estimate of drug-likeness (QED) is 0.502. The first-order chi connectivity index (χ1) is 11.0. The fourth-order valence-corrected chi connectivity index (χ4v) is 5.13. The molecule has 0 aromatic heterocycles. The Labute approximate surface area is 150 Å². The van der Waals surface area contributed by atoms with E-state index < -0.39 is 50.1 Å². The van der Waals surface area contributed by atoms with Crippen LogP contribution in [0.5, 0.6) is 0 Å². The van der Waals surface area contributed by atoms with Gasteiger partial charge in [0.05, 0.1) is 0 Å². The van der Waals surface area contributed by atoms with E-state index >= 15 is 0 Å². The Morgan fingerprint density at radius 1 is 1.00 bits per heavy atom. The molecular weight excluding hydrogens is 427 g/mol. The predicted molar refractivity (Wildman–Crippen MR) is 97.0 cm³/mol. The summed E-state index contributed by atoms with van der Waals surface area (Å²) in [5.41, 5.74) is 0.0316. The van der Waals surface area contributed by atoms with Gasteiger partial charge in [-0.1, -0.05) is 0 Å². The zero-order valence-electron chi connectivity index (χ0n) is 14.7. The zero-order chi connectivity index (χ0) is 18.5. The molecular formula is C17H23IO6. The average molecular weight is 450 g/mol. The monoisotopic (exact) mass is 450 g/mol. The molecule has 0 N–H and O–H groups in total. The number of benzene rings is 1. The predicted octanol–water partition coefficient (Wildman–Crippen LogP) is 3.76. The van der Waals surface area contributed by atoms with Gasteiger partial charge in [-0.3, -0.25) is 0 Å². The van der Waals surface area contributed by atoms with Gasteiger partial charge < -0.3 is 0 Å². The van der Waals surface area contributed by atoms with Crippen molar-refractivity contribution in [1.82, 2.24) is 0 Å². The normalized spacial score (nSPS) is 12.8. The minimum atomic E-state index is -3.01. The van der Waals surface area contributed by atoms with E-state index in [-0.39, 0.29) is 0 Å². The van der Waals surface area contributed by atoms with Crippen LogP contribution in [0.3, 0.4) is 0 Å². The summed E-state index contributed by atoms with van der Waals surface area (Å²) in [6.07, 6.45) is 0. The molecule has 1 atom stereocenters. The maximum absolute atomic E-state index is 12.4. The van der Waals surface area contributed by atoms with Crippen LogP contribution in [-0.2, 0) is 25.3 Å².